The molecule has 1 aromatic carbocycles. The molecule has 1 heterocycles. The molecule has 0 atom stereocenters. The number of piperidine rings is 1. The van der Waals surface area contributed by atoms with E-state index in [0.717, 1.165) is 5.56 Å². The van der Waals surface area contributed by atoms with Gasteiger partial charge in [-0.05, 0) is 43.5 Å². The number of hydrogen-bond donors (Lipinski definition) is 0. The first-order chi connectivity index (χ1) is 12.1. The lowest BCUT2D eigenvalue weighted by Crippen LogP contribution is -2.39. The number of methoxy groups -OCH3 is 2. The summed E-state index contributed by atoms with van der Waals surface area (Å²) in [4.78, 5) is 25.8. The molecule has 0 N–H and O–H groups in total. The SMILES string of the molecule is CCOC(=O)C1CCN(C(=O)C=Cc2ccc(OC)c(OC)c2)CC1. The van der Waals surface area contributed by atoms with Gasteiger partial charge in [0.1, 0.15) is 0 Å². The minimum Gasteiger partial charge on any atom is -0.493 e. The topological polar surface area (TPSA) is 65.1 Å². The zero-order valence-corrected chi connectivity index (χ0v) is 15.0. The van der Waals surface area contributed by atoms with Crippen LogP contribution in [0.1, 0.15) is 25.3 Å². The third kappa shape index (κ3) is 4.98. The summed E-state index contributed by atoms with van der Waals surface area (Å²) < 4.78 is 15.5. The van der Waals surface area contributed by atoms with Gasteiger partial charge in [0.2, 0.25) is 5.91 Å². The van der Waals surface area contributed by atoms with E-state index in [4.69, 9.17) is 14.2 Å². The van der Waals surface area contributed by atoms with Crippen LogP contribution in [0.25, 0.3) is 6.08 Å². The maximum atomic E-state index is 12.3. The maximum absolute atomic E-state index is 12.3. The van der Waals surface area contributed by atoms with Crippen molar-refractivity contribution in [2.75, 3.05) is 33.9 Å². The first kappa shape index (κ1) is 18.8. The van der Waals surface area contributed by atoms with Crippen LogP contribution in [0.2, 0.25) is 0 Å². The predicted octanol–water partition coefficient (Wildman–Crippen LogP) is 2.52. The monoisotopic (exact) mass is 347 g/mol. The highest BCUT2D eigenvalue weighted by atomic mass is 16.5. The molecule has 0 aliphatic carbocycles. The second kappa shape index (κ2) is 9.11. The fourth-order valence-corrected chi connectivity index (χ4v) is 2.83. The van der Waals surface area contributed by atoms with Gasteiger partial charge in [-0.15, -0.1) is 0 Å². The van der Waals surface area contributed by atoms with Gasteiger partial charge in [0, 0.05) is 19.2 Å². The van der Waals surface area contributed by atoms with Gasteiger partial charge in [-0.3, -0.25) is 9.59 Å². The Hall–Kier alpha value is -2.50. The smallest absolute Gasteiger partial charge is 0.309 e. The third-order valence-corrected chi connectivity index (χ3v) is 4.25. The molecule has 1 amide bonds. The highest BCUT2D eigenvalue weighted by molar-refractivity contribution is 5.92. The number of esters is 1. The number of ether oxygens (including phenoxy) is 3. The van der Waals surface area contributed by atoms with Gasteiger partial charge in [0.25, 0.3) is 0 Å². The van der Waals surface area contributed by atoms with E-state index in [2.05, 4.69) is 0 Å². The summed E-state index contributed by atoms with van der Waals surface area (Å²) in [6, 6.07) is 5.47. The van der Waals surface area contributed by atoms with E-state index in [0.29, 0.717) is 44.0 Å². The van der Waals surface area contributed by atoms with Gasteiger partial charge < -0.3 is 19.1 Å². The fraction of sp³-hybridized carbons (Fsp3) is 0.474. The molecule has 0 radical (unpaired) electrons. The molecule has 136 valence electrons. The summed E-state index contributed by atoms with van der Waals surface area (Å²) in [7, 11) is 3.15. The van der Waals surface area contributed by atoms with Crippen LogP contribution >= 0.6 is 0 Å². The van der Waals surface area contributed by atoms with Crippen LogP contribution in [0.4, 0.5) is 0 Å². The molecule has 0 spiro atoms. The fourth-order valence-electron chi connectivity index (χ4n) is 2.83. The third-order valence-electron chi connectivity index (χ3n) is 4.25. The molecule has 0 aromatic heterocycles. The standard InChI is InChI=1S/C19H25NO5/c1-4-25-19(22)15-9-11-20(12-10-15)18(21)8-6-14-5-7-16(23-2)17(13-14)24-3/h5-8,13,15H,4,9-12H2,1-3H3. The Bertz CT molecular complexity index is 633. The van der Waals surface area contributed by atoms with Gasteiger partial charge in [-0.1, -0.05) is 6.07 Å². The maximum Gasteiger partial charge on any atom is 0.309 e. The lowest BCUT2D eigenvalue weighted by Gasteiger charge is -2.30. The largest absolute Gasteiger partial charge is 0.493 e. The van der Waals surface area contributed by atoms with Gasteiger partial charge in [-0.2, -0.15) is 0 Å². The number of carbonyl (C=O) groups excluding carboxylic acids is 2. The Morgan fingerprint density at radius 1 is 1.16 bits per heavy atom. The molecule has 1 fully saturated rings. The zero-order chi connectivity index (χ0) is 18.2. The quantitative estimate of drug-likeness (QED) is 0.584. The van der Waals surface area contributed by atoms with Crippen molar-refractivity contribution < 1.29 is 23.8 Å². The minimum atomic E-state index is -0.157. The molecule has 0 bridgehead atoms. The van der Waals surface area contributed by atoms with E-state index in [9.17, 15) is 9.59 Å². The average molecular weight is 347 g/mol. The number of likely N-dealkylation sites (tertiary alicyclic amines) is 1. The lowest BCUT2D eigenvalue weighted by atomic mass is 9.97. The Kier molecular flexibility index (Phi) is 6.86. The van der Waals surface area contributed by atoms with Crippen LogP contribution in [0.15, 0.2) is 24.3 Å². The molecule has 1 saturated heterocycles. The highest BCUT2D eigenvalue weighted by Gasteiger charge is 2.27. The van der Waals surface area contributed by atoms with Gasteiger partial charge in [0.05, 0.1) is 26.7 Å². The second-order valence-corrected chi connectivity index (χ2v) is 5.80. The first-order valence-corrected chi connectivity index (χ1v) is 8.44. The second-order valence-electron chi connectivity index (χ2n) is 5.80. The van der Waals surface area contributed by atoms with Gasteiger partial charge in [-0.25, -0.2) is 0 Å². The van der Waals surface area contributed by atoms with Crippen molar-refractivity contribution in [3.63, 3.8) is 0 Å². The van der Waals surface area contributed by atoms with Crippen LogP contribution in [-0.4, -0.2) is 50.7 Å². The van der Waals surface area contributed by atoms with E-state index >= 15 is 0 Å². The molecule has 1 aromatic rings. The molecule has 0 unspecified atom stereocenters. The number of nitrogens with zero attached hydrogens (tertiary/aromatic N) is 1. The van der Waals surface area contributed by atoms with Crippen LogP contribution in [0, 0.1) is 5.92 Å². The molecule has 25 heavy (non-hydrogen) atoms. The van der Waals surface area contributed by atoms with Crippen LogP contribution in [0.3, 0.4) is 0 Å². The first-order valence-electron chi connectivity index (χ1n) is 8.44. The van der Waals surface area contributed by atoms with E-state index < -0.39 is 0 Å². The molecular formula is C19H25NO5. The summed E-state index contributed by atoms with van der Waals surface area (Å²) in [5.41, 5.74) is 0.854. The molecule has 1 aliphatic rings. The number of rotatable bonds is 6. The van der Waals surface area contributed by atoms with Gasteiger partial charge >= 0.3 is 5.97 Å². The molecule has 0 saturated carbocycles. The van der Waals surface area contributed by atoms with Crippen molar-refractivity contribution >= 4 is 18.0 Å². The van der Waals surface area contributed by atoms with Crippen LogP contribution in [-0.2, 0) is 14.3 Å². The normalized spacial score (nSPS) is 15.2. The van der Waals surface area contributed by atoms with Crippen molar-refractivity contribution in [1.82, 2.24) is 4.90 Å². The van der Waals surface area contributed by atoms with Gasteiger partial charge in [0.15, 0.2) is 11.5 Å². The molecule has 6 nitrogen and oxygen atoms in total. The Labute approximate surface area is 148 Å². The van der Waals surface area contributed by atoms with E-state index in [1.807, 2.05) is 12.1 Å². The number of benzene rings is 1. The zero-order valence-electron chi connectivity index (χ0n) is 15.0. The number of amides is 1. The molecular weight excluding hydrogens is 322 g/mol. The van der Waals surface area contributed by atoms with Crippen molar-refractivity contribution in [3.8, 4) is 11.5 Å². The van der Waals surface area contributed by atoms with Crippen molar-refractivity contribution in [2.45, 2.75) is 19.8 Å². The van der Waals surface area contributed by atoms with E-state index in [1.165, 1.54) is 0 Å². The van der Waals surface area contributed by atoms with Crippen molar-refractivity contribution in [3.05, 3.63) is 29.8 Å². The minimum absolute atomic E-state index is 0.0582. The molecule has 6 heteroatoms. The highest BCUT2D eigenvalue weighted by Crippen LogP contribution is 2.28. The Morgan fingerprint density at radius 3 is 2.44 bits per heavy atom. The molecule has 2 rings (SSSR count). The summed E-state index contributed by atoms with van der Waals surface area (Å²) >= 11 is 0. The average Bonchev–Trinajstić information content (AvgIpc) is 2.66. The van der Waals surface area contributed by atoms with Crippen LogP contribution in [0.5, 0.6) is 11.5 Å². The number of hydrogen-bond acceptors (Lipinski definition) is 5. The Balaban J connectivity index is 1.92. The van der Waals surface area contributed by atoms with Crippen LogP contribution < -0.4 is 9.47 Å². The Morgan fingerprint density at radius 2 is 1.84 bits per heavy atom. The van der Waals surface area contributed by atoms with Crippen molar-refractivity contribution in [1.29, 1.82) is 0 Å². The lowest BCUT2D eigenvalue weighted by molar-refractivity contribution is -0.150. The van der Waals surface area contributed by atoms with Crippen molar-refractivity contribution in [2.24, 2.45) is 5.92 Å². The number of carbonyl (C=O) groups is 2. The summed E-state index contributed by atoms with van der Waals surface area (Å²) in [6.07, 6.45) is 4.59. The van der Waals surface area contributed by atoms with E-state index in [-0.39, 0.29) is 17.8 Å². The summed E-state index contributed by atoms with van der Waals surface area (Å²) in [5.74, 6) is 0.950. The summed E-state index contributed by atoms with van der Waals surface area (Å²) in [6.45, 7) is 3.33. The predicted molar refractivity (Wildman–Crippen MR) is 94.5 cm³/mol. The summed E-state index contributed by atoms with van der Waals surface area (Å²) in [5, 5.41) is 0. The molecule has 1 aliphatic heterocycles. The van der Waals surface area contributed by atoms with E-state index in [1.54, 1.807) is 44.3 Å².